The molecule has 0 aromatic carbocycles. The van der Waals surface area contributed by atoms with Gasteiger partial charge < -0.3 is 10.6 Å². The van der Waals surface area contributed by atoms with Crippen LogP contribution in [0.3, 0.4) is 0 Å². The van der Waals surface area contributed by atoms with Crippen molar-refractivity contribution in [1.82, 2.24) is 5.32 Å². The third-order valence-electron chi connectivity index (χ3n) is 2.69. The molecule has 0 aliphatic carbocycles. The number of anilines is 1. The van der Waals surface area contributed by atoms with Gasteiger partial charge in [0.1, 0.15) is 16.8 Å². The molecule has 1 aromatic heterocycles. The molecular weight excluding hydrogens is 286 g/mol. The fourth-order valence-electron chi connectivity index (χ4n) is 1.94. The molecule has 1 aliphatic heterocycles. The lowest BCUT2D eigenvalue weighted by Gasteiger charge is -2.11. The normalized spacial score (nSPS) is 14.5. The zero-order valence-electron chi connectivity index (χ0n) is 10.3. The second-order valence-corrected chi connectivity index (χ2v) is 7.61. The molecule has 1 aliphatic rings. The molecule has 0 unspecified atom stereocenters. The molecule has 0 spiro atoms. The van der Waals surface area contributed by atoms with E-state index in [1.165, 1.54) is 11.3 Å². The summed E-state index contributed by atoms with van der Waals surface area (Å²) in [7, 11) is -3.37. The van der Waals surface area contributed by atoms with Crippen LogP contribution in [0.15, 0.2) is 0 Å². The van der Waals surface area contributed by atoms with Crippen LogP contribution in [-0.4, -0.2) is 32.9 Å². The molecule has 0 radical (unpaired) electrons. The third kappa shape index (κ3) is 3.32. The molecule has 2 N–H and O–H groups in total. The van der Waals surface area contributed by atoms with Crippen LogP contribution < -0.4 is 10.6 Å². The number of rotatable bonds is 3. The van der Waals surface area contributed by atoms with Crippen molar-refractivity contribution in [2.24, 2.45) is 0 Å². The fraction of sp³-hybridized carbons (Fsp3) is 0.455. The highest BCUT2D eigenvalue weighted by molar-refractivity contribution is 7.91. The summed E-state index contributed by atoms with van der Waals surface area (Å²) in [5.41, 5.74) is 1.42. The predicted molar refractivity (Wildman–Crippen MR) is 72.8 cm³/mol. The van der Waals surface area contributed by atoms with Crippen LogP contribution in [0, 0.1) is 11.3 Å². The molecule has 102 valence electrons. The van der Waals surface area contributed by atoms with Crippen LogP contribution in [-0.2, 0) is 27.6 Å². The van der Waals surface area contributed by atoms with E-state index in [9.17, 15) is 18.5 Å². The van der Waals surface area contributed by atoms with Crippen molar-refractivity contribution < 1.29 is 13.2 Å². The van der Waals surface area contributed by atoms with E-state index in [0.29, 0.717) is 17.1 Å². The van der Waals surface area contributed by atoms with E-state index in [2.05, 4.69) is 16.7 Å². The number of carbonyl (C=O) groups is 1. The molecule has 0 atom stereocenters. The summed E-state index contributed by atoms with van der Waals surface area (Å²) in [4.78, 5) is 12.6. The van der Waals surface area contributed by atoms with Gasteiger partial charge in [-0.15, -0.1) is 11.3 Å². The Morgan fingerprint density at radius 3 is 2.95 bits per heavy atom. The molecule has 2 rings (SSSR count). The summed E-state index contributed by atoms with van der Waals surface area (Å²) in [6.45, 7) is 1.48. The van der Waals surface area contributed by atoms with Crippen molar-refractivity contribution in [2.45, 2.75) is 13.0 Å². The number of fused-ring (bicyclic) bond motifs is 1. The second kappa shape index (κ2) is 5.28. The van der Waals surface area contributed by atoms with E-state index in [0.717, 1.165) is 29.7 Å². The number of nitriles is 1. The van der Waals surface area contributed by atoms with E-state index in [1.807, 2.05) is 0 Å². The van der Waals surface area contributed by atoms with Gasteiger partial charge in [-0.05, 0) is 18.5 Å². The number of hydrogen-bond acceptors (Lipinski definition) is 6. The zero-order valence-corrected chi connectivity index (χ0v) is 11.9. The first-order chi connectivity index (χ1) is 8.90. The van der Waals surface area contributed by atoms with Crippen molar-refractivity contribution in [3.05, 3.63) is 16.0 Å². The number of amides is 1. The number of nitrogens with zero attached hydrogens (tertiary/aromatic N) is 1. The molecule has 19 heavy (non-hydrogen) atoms. The van der Waals surface area contributed by atoms with Crippen LogP contribution >= 0.6 is 11.3 Å². The Balaban J connectivity index is 2.24. The Morgan fingerprint density at radius 1 is 1.58 bits per heavy atom. The summed E-state index contributed by atoms with van der Waals surface area (Å²) in [6, 6.07) is 2.09. The fourth-order valence-corrected chi connectivity index (χ4v) is 3.67. The van der Waals surface area contributed by atoms with Crippen molar-refractivity contribution in [3.63, 3.8) is 0 Å². The summed E-state index contributed by atoms with van der Waals surface area (Å²) in [6.07, 6.45) is 1.75. The molecular formula is C11H13N3O3S2. The highest BCUT2D eigenvalue weighted by Gasteiger charge is 2.22. The Morgan fingerprint density at radius 2 is 2.32 bits per heavy atom. The van der Waals surface area contributed by atoms with Crippen molar-refractivity contribution in [1.29, 1.82) is 5.26 Å². The molecule has 2 heterocycles. The van der Waals surface area contributed by atoms with Crippen LogP contribution in [0.25, 0.3) is 0 Å². The highest BCUT2D eigenvalue weighted by Crippen LogP contribution is 2.34. The molecule has 0 bridgehead atoms. The SMILES string of the molecule is CS(=O)(=O)CC(=O)Nc1sc2c(c1C#N)CCNC2. The monoisotopic (exact) mass is 299 g/mol. The quantitative estimate of drug-likeness (QED) is 0.833. The van der Waals surface area contributed by atoms with E-state index in [4.69, 9.17) is 0 Å². The van der Waals surface area contributed by atoms with E-state index >= 15 is 0 Å². The molecule has 1 aromatic rings. The van der Waals surface area contributed by atoms with Gasteiger partial charge in [-0.2, -0.15) is 5.26 Å². The first-order valence-corrected chi connectivity index (χ1v) is 8.51. The average molecular weight is 299 g/mol. The molecule has 0 saturated carbocycles. The summed E-state index contributed by atoms with van der Waals surface area (Å²) >= 11 is 1.33. The van der Waals surface area contributed by atoms with Gasteiger partial charge in [-0.3, -0.25) is 4.79 Å². The molecule has 0 saturated heterocycles. The van der Waals surface area contributed by atoms with Crippen molar-refractivity contribution in [2.75, 3.05) is 23.9 Å². The highest BCUT2D eigenvalue weighted by atomic mass is 32.2. The summed E-state index contributed by atoms with van der Waals surface area (Å²) in [5, 5.41) is 15.3. The molecule has 6 nitrogen and oxygen atoms in total. The Kier molecular flexibility index (Phi) is 3.89. The Hall–Kier alpha value is -1.43. The summed E-state index contributed by atoms with van der Waals surface area (Å²) in [5.74, 6) is -1.18. The van der Waals surface area contributed by atoms with Crippen molar-refractivity contribution >= 4 is 32.1 Å². The minimum Gasteiger partial charge on any atom is -0.316 e. The van der Waals surface area contributed by atoms with Crippen LogP contribution in [0.2, 0.25) is 0 Å². The smallest absolute Gasteiger partial charge is 0.240 e. The lowest BCUT2D eigenvalue weighted by Crippen LogP contribution is -2.22. The van der Waals surface area contributed by atoms with Crippen LogP contribution in [0.5, 0.6) is 0 Å². The van der Waals surface area contributed by atoms with Gasteiger partial charge in [0.05, 0.1) is 5.56 Å². The van der Waals surface area contributed by atoms with Gasteiger partial charge in [-0.25, -0.2) is 8.42 Å². The minimum atomic E-state index is -3.37. The third-order valence-corrected chi connectivity index (χ3v) is 4.62. The first-order valence-electron chi connectivity index (χ1n) is 5.63. The number of carbonyl (C=O) groups excluding carboxylic acids is 1. The van der Waals surface area contributed by atoms with E-state index in [1.54, 1.807) is 0 Å². The molecule has 8 heteroatoms. The maximum atomic E-state index is 11.6. The van der Waals surface area contributed by atoms with Gasteiger partial charge in [0.2, 0.25) is 5.91 Å². The average Bonchev–Trinajstić information content (AvgIpc) is 2.63. The number of sulfone groups is 1. The van der Waals surface area contributed by atoms with E-state index < -0.39 is 21.5 Å². The standard InChI is InChI=1S/C11H13N3O3S2/c1-19(16,17)6-10(15)14-11-8(4-12)7-2-3-13-5-9(7)18-11/h13H,2-3,5-6H2,1H3,(H,14,15). The Bertz CT molecular complexity index is 655. The van der Waals surface area contributed by atoms with Gasteiger partial charge in [-0.1, -0.05) is 0 Å². The summed E-state index contributed by atoms with van der Waals surface area (Å²) < 4.78 is 22.1. The molecule has 1 amide bonds. The lowest BCUT2D eigenvalue weighted by molar-refractivity contribution is -0.113. The van der Waals surface area contributed by atoms with Gasteiger partial charge in [0.15, 0.2) is 9.84 Å². The maximum absolute atomic E-state index is 11.6. The van der Waals surface area contributed by atoms with Gasteiger partial charge in [0.25, 0.3) is 0 Å². The van der Waals surface area contributed by atoms with Gasteiger partial charge in [0, 0.05) is 17.7 Å². The van der Waals surface area contributed by atoms with Crippen molar-refractivity contribution in [3.8, 4) is 6.07 Å². The predicted octanol–water partition coefficient (Wildman–Crippen LogP) is 0.249. The number of hydrogen-bond donors (Lipinski definition) is 2. The van der Waals surface area contributed by atoms with Gasteiger partial charge >= 0.3 is 0 Å². The van der Waals surface area contributed by atoms with E-state index in [-0.39, 0.29) is 0 Å². The first kappa shape index (κ1) is 14.0. The van der Waals surface area contributed by atoms with Crippen LogP contribution in [0.1, 0.15) is 16.0 Å². The number of thiophene rings is 1. The Labute approximate surface area is 115 Å². The lowest BCUT2D eigenvalue weighted by atomic mass is 10.1. The maximum Gasteiger partial charge on any atom is 0.240 e. The number of nitrogens with one attached hydrogen (secondary N) is 2. The van der Waals surface area contributed by atoms with Crippen LogP contribution in [0.4, 0.5) is 5.00 Å². The minimum absolute atomic E-state index is 0.449. The zero-order chi connectivity index (χ0) is 14.0. The largest absolute Gasteiger partial charge is 0.316 e. The second-order valence-electron chi connectivity index (χ2n) is 4.36. The molecule has 0 fully saturated rings. The topological polar surface area (TPSA) is 99.1 Å².